The van der Waals surface area contributed by atoms with Crippen LogP contribution < -0.4 is 0 Å². The fourth-order valence-corrected chi connectivity index (χ4v) is 4.86. The lowest BCUT2D eigenvalue weighted by Gasteiger charge is -2.21. The number of alkyl halides is 3. The number of aromatic nitrogens is 2. The van der Waals surface area contributed by atoms with Gasteiger partial charge in [0.05, 0.1) is 23.8 Å². The number of hydrogen-bond donors (Lipinski definition) is 0. The average molecular weight is 360 g/mol. The van der Waals surface area contributed by atoms with Crippen molar-refractivity contribution in [1.29, 1.82) is 0 Å². The quantitative estimate of drug-likeness (QED) is 0.764. The van der Waals surface area contributed by atoms with Gasteiger partial charge in [0.1, 0.15) is 5.03 Å². The van der Waals surface area contributed by atoms with E-state index < -0.39 is 12.6 Å². The summed E-state index contributed by atoms with van der Waals surface area (Å²) in [6, 6.07) is 0. The summed E-state index contributed by atoms with van der Waals surface area (Å²) in [5, 5.41) is 0.720. The van der Waals surface area contributed by atoms with Gasteiger partial charge in [0.15, 0.2) is 0 Å². The Morgan fingerprint density at radius 2 is 2.10 bits per heavy atom. The first-order valence-corrected chi connectivity index (χ1v) is 8.49. The SMILES string of the molecule is Cl.FC(F)(F)CCSc1nsnc1[C@H]1CN2CCC[C@H]1C2. The molecule has 1 aromatic rings. The Morgan fingerprint density at radius 3 is 2.81 bits per heavy atom. The lowest BCUT2D eigenvalue weighted by molar-refractivity contribution is -0.129. The van der Waals surface area contributed by atoms with Crippen molar-refractivity contribution in [2.24, 2.45) is 5.92 Å². The van der Waals surface area contributed by atoms with Crippen molar-refractivity contribution in [2.75, 3.05) is 25.4 Å². The predicted molar refractivity (Wildman–Crippen MR) is 80.5 cm³/mol. The standard InChI is InChI=1S/C12H16F3N3S2.ClH/c13-12(14,15)3-5-19-11-10(16-20-17-11)9-7-18-4-1-2-8(9)6-18;/h8-9H,1-7H2;1H/t8-,9-;/m0./s1. The van der Waals surface area contributed by atoms with Crippen molar-refractivity contribution in [3.8, 4) is 0 Å². The van der Waals surface area contributed by atoms with Gasteiger partial charge in [-0.3, -0.25) is 0 Å². The van der Waals surface area contributed by atoms with Crippen molar-refractivity contribution < 1.29 is 13.2 Å². The Hall–Kier alpha value is -0.0500. The molecule has 21 heavy (non-hydrogen) atoms. The number of piperidine rings is 1. The van der Waals surface area contributed by atoms with E-state index in [0.717, 1.165) is 42.1 Å². The molecule has 2 aliphatic rings. The fraction of sp³-hybridized carbons (Fsp3) is 0.833. The van der Waals surface area contributed by atoms with Crippen LogP contribution >= 0.6 is 35.9 Å². The highest BCUT2D eigenvalue weighted by Crippen LogP contribution is 2.41. The monoisotopic (exact) mass is 359 g/mol. The van der Waals surface area contributed by atoms with Gasteiger partial charge in [0.2, 0.25) is 0 Å². The van der Waals surface area contributed by atoms with Gasteiger partial charge in [-0.25, -0.2) is 0 Å². The third-order valence-corrected chi connectivity index (χ3v) is 5.66. The van der Waals surface area contributed by atoms with Gasteiger partial charge in [0.25, 0.3) is 0 Å². The van der Waals surface area contributed by atoms with E-state index in [1.165, 1.54) is 24.6 Å². The number of halogens is 4. The maximum absolute atomic E-state index is 12.2. The van der Waals surface area contributed by atoms with Gasteiger partial charge in [0, 0.05) is 24.8 Å². The third-order valence-electron chi connectivity index (χ3n) is 4.02. The minimum atomic E-state index is -4.09. The Balaban J connectivity index is 0.00000161. The summed E-state index contributed by atoms with van der Waals surface area (Å²) in [6.07, 6.45) is -2.44. The van der Waals surface area contributed by atoms with Crippen LogP contribution in [0.25, 0.3) is 0 Å². The molecule has 2 aliphatic heterocycles. The van der Waals surface area contributed by atoms with Gasteiger partial charge in [-0.2, -0.15) is 21.9 Å². The highest BCUT2D eigenvalue weighted by molar-refractivity contribution is 7.99. The normalized spacial score (nSPS) is 28.4. The van der Waals surface area contributed by atoms with Crippen LogP contribution in [0.15, 0.2) is 5.03 Å². The maximum Gasteiger partial charge on any atom is 0.389 e. The zero-order chi connectivity index (χ0) is 14.2. The van der Waals surface area contributed by atoms with E-state index in [1.54, 1.807) is 0 Å². The Labute approximate surface area is 136 Å². The van der Waals surface area contributed by atoms with Gasteiger partial charge in [-0.15, -0.1) is 24.2 Å². The molecule has 3 rings (SSSR count). The molecule has 120 valence electrons. The molecule has 0 saturated carbocycles. The molecule has 0 spiro atoms. The van der Waals surface area contributed by atoms with Crippen LogP contribution in [0.1, 0.15) is 30.9 Å². The highest BCUT2D eigenvalue weighted by atomic mass is 35.5. The molecular weight excluding hydrogens is 343 g/mol. The molecule has 2 fully saturated rings. The highest BCUT2D eigenvalue weighted by Gasteiger charge is 2.39. The zero-order valence-corrected chi connectivity index (χ0v) is 13.8. The van der Waals surface area contributed by atoms with Crippen molar-refractivity contribution in [3.63, 3.8) is 0 Å². The summed E-state index contributed by atoms with van der Waals surface area (Å²) in [4.78, 5) is 2.43. The lowest BCUT2D eigenvalue weighted by atomic mass is 9.89. The summed E-state index contributed by atoms with van der Waals surface area (Å²) in [6.45, 7) is 3.23. The Kier molecular flexibility index (Phi) is 5.78. The number of fused-ring (bicyclic) bond motifs is 2. The van der Waals surface area contributed by atoms with Crippen molar-refractivity contribution in [1.82, 2.24) is 13.6 Å². The van der Waals surface area contributed by atoms with Crippen LogP contribution in [-0.4, -0.2) is 45.2 Å². The molecule has 1 unspecified atom stereocenters. The first-order valence-electron chi connectivity index (χ1n) is 6.77. The largest absolute Gasteiger partial charge is 0.389 e. The molecule has 1 aromatic heterocycles. The topological polar surface area (TPSA) is 29.0 Å². The summed E-state index contributed by atoms with van der Waals surface area (Å²) < 4.78 is 45.2. The van der Waals surface area contributed by atoms with Gasteiger partial charge in [-0.1, -0.05) is 0 Å². The Morgan fingerprint density at radius 1 is 1.29 bits per heavy atom. The number of rotatable bonds is 4. The molecule has 3 nitrogen and oxygen atoms in total. The summed E-state index contributed by atoms with van der Waals surface area (Å²) >= 11 is 2.32. The van der Waals surface area contributed by atoms with Gasteiger partial charge in [-0.05, 0) is 25.3 Å². The minimum absolute atomic E-state index is 0. The van der Waals surface area contributed by atoms with Crippen LogP contribution in [0.3, 0.4) is 0 Å². The van der Waals surface area contributed by atoms with Gasteiger partial charge < -0.3 is 4.90 Å². The fourth-order valence-electron chi connectivity index (χ4n) is 3.10. The van der Waals surface area contributed by atoms with Crippen LogP contribution in [0, 0.1) is 5.92 Å². The van der Waals surface area contributed by atoms with E-state index in [0.29, 0.717) is 11.8 Å². The lowest BCUT2D eigenvalue weighted by Crippen LogP contribution is -2.25. The molecule has 2 bridgehead atoms. The van der Waals surface area contributed by atoms with Crippen molar-refractivity contribution >= 4 is 35.9 Å². The van der Waals surface area contributed by atoms with Crippen molar-refractivity contribution in [3.05, 3.63) is 5.69 Å². The first kappa shape index (κ1) is 17.3. The van der Waals surface area contributed by atoms with E-state index in [1.807, 2.05) is 0 Å². The molecule has 3 atom stereocenters. The summed E-state index contributed by atoms with van der Waals surface area (Å²) in [7, 11) is 0. The molecule has 3 heterocycles. The number of hydrogen-bond acceptors (Lipinski definition) is 5. The first-order chi connectivity index (χ1) is 9.53. The van der Waals surface area contributed by atoms with E-state index in [-0.39, 0.29) is 18.2 Å². The molecule has 0 radical (unpaired) electrons. The second kappa shape index (κ2) is 7.02. The average Bonchev–Trinajstić information content (AvgIpc) is 2.93. The van der Waals surface area contributed by atoms with E-state index in [4.69, 9.17) is 0 Å². The van der Waals surface area contributed by atoms with Crippen LogP contribution in [-0.2, 0) is 0 Å². The molecule has 0 amide bonds. The van der Waals surface area contributed by atoms with E-state index >= 15 is 0 Å². The van der Waals surface area contributed by atoms with E-state index in [2.05, 4.69) is 13.6 Å². The zero-order valence-electron chi connectivity index (χ0n) is 11.3. The van der Waals surface area contributed by atoms with E-state index in [9.17, 15) is 13.2 Å². The third kappa shape index (κ3) is 4.24. The van der Waals surface area contributed by atoms with Crippen molar-refractivity contribution in [2.45, 2.75) is 36.4 Å². The Bertz CT molecular complexity index is 469. The maximum atomic E-state index is 12.2. The second-order valence-electron chi connectivity index (χ2n) is 5.44. The van der Waals surface area contributed by atoms with Crippen LogP contribution in [0.5, 0.6) is 0 Å². The summed E-state index contributed by atoms with van der Waals surface area (Å²) in [5.41, 5.74) is 0.941. The predicted octanol–water partition coefficient (Wildman–Crippen LogP) is 3.81. The summed E-state index contributed by atoms with van der Waals surface area (Å²) in [5.74, 6) is 1.00. The number of nitrogens with zero attached hydrogens (tertiary/aromatic N) is 3. The molecule has 9 heteroatoms. The molecule has 0 aliphatic carbocycles. The number of thioether (sulfide) groups is 1. The molecule has 0 N–H and O–H groups in total. The molecular formula is C12H17ClF3N3S2. The van der Waals surface area contributed by atoms with Crippen LogP contribution in [0.4, 0.5) is 13.2 Å². The van der Waals surface area contributed by atoms with Gasteiger partial charge >= 0.3 is 6.18 Å². The minimum Gasteiger partial charge on any atom is -0.302 e. The molecule has 2 saturated heterocycles. The van der Waals surface area contributed by atoms with Crippen LogP contribution in [0.2, 0.25) is 0 Å². The molecule has 0 aromatic carbocycles. The smallest absolute Gasteiger partial charge is 0.302 e. The second-order valence-corrected chi connectivity index (χ2v) is 7.05.